The number of aliphatic carboxylic acids is 1. The molecule has 0 aromatic carbocycles. The van der Waals surface area contributed by atoms with Crippen molar-refractivity contribution in [2.75, 3.05) is 6.26 Å². The predicted molar refractivity (Wildman–Crippen MR) is 76.5 cm³/mol. The Morgan fingerprint density at radius 3 is 2.55 bits per heavy atom. The largest absolute Gasteiger partial charge is 0.480 e. The summed E-state index contributed by atoms with van der Waals surface area (Å²) in [4.78, 5) is 33.5. The first-order valence-corrected chi connectivity index (χ1v) is 7.83. The van der Waals surface area contributed by atoms with Gasteiger partial charge in [0.2, 0.25) is 5.91 Å². The van der Waals surface area contributed by atoms with E-state index < -0.39 is 30.4 Å². The third-order valence-corrected chi connectivity index (χ3v) is 4.50. The molecular formula is C12H21N3O4S. The number of nitrogens with two attached hydrogens (primary N) is 1. The summed E-state index contributed by atoms with van der Waals surface area (Å²) in [7, 11) is 0. The zero-order valence-electron chi connectivity index (χ0n) is 11.4. The molecule has 0 aromatic heterocycles. The standard InChI is InChI=1S/C12H21N3O4S/c1-20-9-5-3-2-4-7(9)14-12(19)15-8(11(17)18)6-10(13)16/h7-9H,2-6H2,1H3,(H2,13,16)(H,17,18)(H2,14,15,19)/t7?,8-,9?/m1/s1. The minimum Gasteiger partial charge on any atom is -0.480 e. The molecule has 0 aromatic rings. The van der Waals surface area contributed by atoms with Gasteiger partial charge in [-0.2, -0.15) is 11.8 Å². The van der Waals surface area contributed by atoms with Gasteiger partial charge in [0, 0.05) is 11.3 Å². The second-order valence-electron chi connectivity index (χ2n) is 4.84. The molecule has 20 heavy (non-hydrogen) atoms. The summed E-state index contributed by atoms with van der Waals surface area (Å²) in [5.74, 6) is -2.04. The topological polar surface area (TPSA) is 122 Å². The zero-order chi connectivity index (χ0) is 15.1. The number of carboxylic acid groups (broad SMARTS) is 1. The van der Waals surface area contributed by atoms with Crippen LogP contribution in [0.5, 0.6) is 0 Å². The molecule has 3 atom stereocenters. The molecule has 2 unspecified atom stereocenters. The average Bonchev–Trinajstić information content (AvgIpc) is 2.37. The van der Waals surface area contributed by atoms with Gasteiger partial charge in [0.25, 0.3) is 0 Å². The molecule has 1 aliphatic rings. The zero-order valence-corrected chi connectivity index (χ0v) is 12.2. The second kappa shape index (κ2) is 7.98. The lowest BCUT2D eigenvalue weighted by atomic mass is 9.95. The number of amides is 3. The van der Waals surface area contributed by atoms with Crippen LogP contribution in [0.4, 0.5) is 4.79 Å². The van der Waals surface area contributed by atoms with Gasteiger partial charge in [0.15, 0.2) is 0 Å². The van der Waals surface area contributed by atoms with E-state index in [1.807, 2.05) is 6.26 Å². The molecule has 8 heteroatoms. The Kier molecular flexibility index (Phi) is 6.63. The molecule has 0 heterocycles. The van der Waals surface area contributed by atoms with Gasteiger partial charge in [-0.3, -0.25) is 4.79 Å². The van der Waals surface area contributed by atoms with Crippen LogP contribution >= 0.6 is 11.8 Å². The number of carbonyl (C=O) groups excluding carboxylic acids is 2. The molecule has 0 spiro atoms. The van der Waals surface area contributed by atoms with Crippen molar-refractivity contribution in [1.29, 1.82) is 0 Å². The van der Waals surface area contributed by atoms with Gasteiger partial charge in [-0.1, -0.05) is 12.8 Å². The van der Waals surface area contributed by atoms with Crippen molar-refractivity contribution in [2.24, 2.45) is 5.73 Å². The fourth-order valence-corrected chi connectivity index (χ4v) is 3.25. The van der Waals surface area contributed by atoms with Gasteiger partial charge in [0.05, 0.1) is 6.42 Å². The Labute approximate surface area is 122 Å². The number of carbonyl (C=O) groups is 3. The summed E-state index contributed by atoms with van der Waals surface area (Å²) >= 11 is 1.70. The number of hydrogen-bond acceptors (Lipinski definition) is 4. The van der Waals surface area contributed by atoms with E-state index >= 15 is 0 Å². The molecule has 0 aliphatic heterocycles. The summed E-state index contributed by atoms with van der Waals surface area (Å²) in [5, 5.41) is 14.3. The summed E-state index contributed by atoms with van der Waals surface area (Å²) in [5.41, 5.74) is 4.96. The van der Waals surface area contributed by atoms with E-state index in [0.29, 0.717) is 5.25 Å². The number of urea groups is 1. The Hall–Kier alpha value is -1.44. The first-order valence-electron chi connectivity index (χ1n) is 6.55. The summed E-state index contributed by atoms with van der Waals surface area (Å²) in [6.45, 7) is 0. The Bertz CT molecular complexity index is 378. The molecule has 7 nitrogen and oxygen atoms in total. The maximum atomic E-state index is 11.8. The molecule has 1 fully saturated rings. The van der Waals surface area contributed by atoms with Crippen molar-refractivity contribution in [1.82, 2.24) is 10.6 Å². The van der Waals surface area contributed by atoms with Gasteiger partial charge in [-0.25, -0.2) is 9.59 Å². The smallest absolute Gasteiger partial charge is 0.326 e. The van der Waals surface area contributed by atoms with E-state index in [1.165, 1.54) is 0 Å². The average molecular weight is 303 g/mol. The van der Waals surface area contributed by atoms with E-state index in [-0.39, 0.29) is 6.04 Å². The van der Waals surface area contributed by atoms with Crippen LogP contribution in [0.15, 0.2) is 0 Å². The van der Waals surface area contributed by atoms with Gasteiger partial charge < -0.3 is 21.5 Å². The lowest BCUT2D eigenvalue weighted by Gasteiger charge is -2.31. The predicted octanol–water partition coefficient (Wildman–Crippen LogP) is 0.288. The number of carboxylic acids is 1. The molecule has 0 saturated heterocycles. The summed E-state index contributed by atoms with van der Waals surface area (Å²) in [6.07, 6.45) is 5.69. The number of nitrogens with one attached hydrogen (secondary N) is 2. The van der Waals surface area contributed by atoms with Crippen LogP contribution in [0, 0.1) is 0 Å². The third kappa shape index (κ3) is 5.28. The number of thioether (sulfide) groups is 1. The SMILES string of the molecule is CSC1CCCCC1NC(=O)N[C@H](CC(N)=O)C(=O)O. The fraction of sp³-hybridized carbons (Fsp3) is 0.750. The van der Waals surface area contributed by atoms with Crippen molar-refractivity contribution in [3.05, 3.63) is 0 Å². The van der Waals surface area contributed by atoms with Crippen LogP contribution in [0.1, 0.15) is 32.1 Å². The highest BCUT2D eigenvalue weighted by Crippen LogP contribution is 2.26. The first-order chi connectivity index (χ1) is 9.43. The first kappa shape index (κ1) is 16.6. The lowest BCUT2D eigenvalue weighted by Crippen LogP contribution is -2.52. The molecule has 1 saturated carbocycles. The van der Waals surface area contributed by atoms with E-state index in [2.05, 4.69) is 10.6 Å². The quantitative estimate of drug-likeness (QED) is 0.562. The number of hydrogen-bond donors (Lipinski definition) is 4. The fourth-order valence-electron chi connectivity index (χ4n) is 2.31. The summed E-state index contributed by atoms with van der Waals surface area (Å²) in [6, 6.07) is -1.82. The van der Waals surface area contributed by atoms with Crippen LogP contribution in [0.3, 0.4) is 0 Å². The van der Waals surface area contributed by atoms with Crippen LogP contribution in [-0.4, -0.2) is 46.6 Å². The highest BCUT2D eigenvalue weighted by Gasteiger charge is 2.28. The van der Waals surface area contributed by atoms with Crippen LogP contribution < -0.4 is 16.4 Å². The monoisotopic (exact) mass is 303 g/mol. The number of rotatable bonds is 6. The van der Waals surface area contributed by atoms with E-state index in [1.54, 1.807) is 11.8 Å². The van der Waals surface area contributed by atoms with Gasteiger partial charge in [-0.05, 0) is 19.1 Å². The Morgan fingerprint density at radius 2 is 2.00 bits per heavy atom. The molecule has 1 rings (SSSR count). The lowest BCUT2D eigenvalue weighted by molar-refractivity contribution is -0.140. The van der Waals surface area contributed by atoms with E-state index in [9.17, 15) is 14.4 Å². The highest BCUT2D eigenvalue weighted by molar-refractivity contribution is 7.99. The van der Waals surface area contributed by atoms with Crippen molar-refractivity contribution >= 4 is 29.7 Å². The third-order valence-electron chi connectivity index (χ3n) is 3.33. The minimum atomic E-state index is -1.29. The second-order valence-corrected chi connectivity index (χ2v) is 5.92. The molecular weight excluding hydrogens is 282 g/mol. The van der Waals surface area contributed by atoms with E-state index in [0.717, 1.165) is 25.7 Å². The van der Waals surface area contributed by atoms with Crippen molar-refractivity contribution in [2.45, 2.75) is 49.4 Å². The Morgan fingerprint density at radius 1 is 1.35 bits per heavy atom. The Balaban J connectivity index is 2.51. The molecule has 0 radical (unpaired) electrons. The maximum absolute atomic E-state index is 11.8. The van der Waals surface area contributed by atoms with Crippen molar-refractivity contribution < 1.29 is 19.5 Å². The summed E-state index contributed by atoms with van der Waals surface area (Å²) < 4.78 is 0. The van der Waals surface area contributed by atoms with Gasteiger partial charge >= 0.3 is 12.0 Å². The highest BCUT2D eigenvalue weighted by atomic mass is 32.2. The minimum absolute atomic E-state index is 0.0294. The van der Waals surface area contributed by atoms with Crippen LogP contribution in [-0.2, 0) is 9.59 Å². The van der Waals surface area contributed by atoms with Crippen LogP contribution in [0.2, 0.25) is 0 Å². The van der Waals surface area contributed by atoms with E-state index in [4.69, 9.17) is 10.8 Å². The van der Waals surface area contributed by atoms with Gasteiger partial charge in [-0.15, -0.1) is 0 Å². The molecule has 1 aliphatic carbocycles. The molecule has 5 N–H and O–H groups in total. The van der Waals surface area contributed by atoms with Gasteiger partial charge in [0.1, 0.15) is 6.04 Å². The van der Waals surface area contributed by atoms with Crippen molar-refractivity contribution in [3.8, 4) is 0 Å². The number of primary amides is 1. The molecule has 0 bridgehead atoms. The normalized spacial score (nSPS) is 23.6. The van der Waals surface area contributed by atoms with Crippen molar-refractivity contribution in [3.63, 3.8) is 0 Å². The maximum Gasteiger partial charge on any atom is 0.326 e. The molecule has 114 valence electrons. The molecule has 3 amide bonds. The van der Waals surface area contributed by atoms with Crippen LogP contribution in [0.25, 0.3) is 0 Å².